The van der Waals surface area contributed by atoms with Crippen molar-refractivity contribution in [3.05, 3.63) is 0 Å². The van der Waals surface area contributed by atoms with Crippen molar-refractivity contribution in [1.29, 1.82) is 0 Å². The molecule has 2 heterocycles. The average Bonchev–Trinajstić information content (AvgIpc) is 3.47. The number of carbonyl (C=O) groups is 1. The number of likely N-dealkylation sites (tertiary alicyclic amines) is 1. The minimum absolute atomic E-state index is 0.261. The lowest BCUT2D eigenvalue weighted by atomic mass is 10.0. The molecule has 4 aliphatic rings. The Kier molecular flexibility index (Phi) is 5.11. The molecule has 0 aromatic rings. The molecular weight excluding hydrogens is 302 g/mol. The maximum Gasteiger partial charge on any atom is 0.234 e. The molecule has 4 fully saturated rings. The highest BCUT2D eigenvalue weighted by molar-refractivity contribution is 5.78. The third kappa shape index (κ3) is 4.30. The molecule has 0 bridgehead atoms. The fourth-order valence-electron chi connectivity index (χ4n) is 4.59. The third-order valence-electron chi connectivity index (χ3n) is 6.30. The molecule has 24 heavy (non-hydrogen) atoms. The maximum atomic E-state index is 12.4. The first-order valence-electron chi connectivity index (χ1n) is 10.1. The molecule has 0 spiro atoms. The zero-order valence-corrected chi connectivity index (χ0v) is 15.1. The molecule has 0 aromatic carbocycles. The highest BCUT2D eigenvalue weighted by atomic mass is 16.5. The van der Waals surface area contributed by atoms with E-state index in [4.69, 9.17) is 4.74 Å². The fourth-order valence-corrected chi connectivity index (χ4v) is 4.59. The number of piperidine rings is 1. The first kappa shape index (κ1) is 16.8. The summed E-state index contributed by atoms with van der Waals surface area (Å²) in [5, 5.41) is 3.36. The van der Waals surface area contributed by atoms with Gasteiger partial charge in [0, 0.05) is 38.3 Å². The van der Waals surface area contributed by atoms with Gasteiger partial charge in [-0.1, -0.05) is 0 Å². The molecule has 2 saturated heterocycles. The fraction of sp³-hybridized carbons (Fsp3) is 0.947. The van der Waals surface area contributed by atoms with Gasteiger partial charge in [-0.05, 0) is 57.3 Å². The van der Waals surface area contributed by atoms with Crippen molar-refractivity contribution in [2.24, 2.45) is 11.8 Å². The number of nitrogens with zero attached hydrogens (tertiary/aromatic N) is 2. The average molecular weight is 335 g/mol. The van der Waals surface area contributed by atoms with Crippen LogP contribution in [-0.2, 0) is 9.53 Å². The quantitative estimate of drug-likeness (QED) is 0.798. The van der Waals surface area contributed by atoms with Gasteiger partial charge in [0.15, 0.2) is 0 Å². The van der Waals surface area contributed by atoms with E-state index in [0.717, 1.165) is 44.6 Å². The molecule has 1 amide bonds. The minimum Gasteiger partial charge on any atom is -0.376 e. The highest BCUT2D eigenvalue weighted by Crippen LogP contribution is 2.44. The van der Waals surface area contributed by atoms with Gasteiger partial charge in [-0.3, -0.25) is 14.6 Å². The van der Waals surface area contributed by atoms with E-state index in [-0.39, 0.29) is 5.91 Å². The van der Waals surface area contributed by atoms with Crippen molar-refractivity contribution in [2.45, 2.75) is 63.6 Å². The molecule has 1 atom stereocenters. The van der Waals surface area contributed by atoms with Gasteiger partial charge in [-0.2, -0.15) is 0 Å². The monoisotopic (exact) mass is 335 g/mol. The Labute approximate surface area is 146 Å². The lowest BCUT2D eigenvalue weighted by Gasteiger charge is -2.41. The normalized spacial score (nSPS) is 30.7. The second-order valence-corrected chi connectivity index (χ2v) is 8.45. The van der Waals surface area contributed by atoms with Crippen LogP contribution in [-0.4, -0.2) is 73.2 Å². The molecule has 0 aromatic heterocycles. The molecule has 0 radical (unpaired) electrons. The van der Waals surface area contributed by atoms with Gasteiger partial charge in [0.05, 0.1) is 19.3 Å². The molecule has 136 valence electrons. The minimum atomic E-state index is 0.261. The van der Waals surface area contributed by atoms with Crippen molar-refractivity contribution in [2.75, 3.05) is 39.3 Å². The van der Waals surface area contributed by atoms with Crippen LogP contribution in [0.3, 0.4) is 0 Å². The van der Waals surface area contributed by atoms with Gasteiger partial charge in [-0.25, -0.2) is 0 Å². The van der Waals surface area contributed by atoms with Gasteiger partial charge in [-0.15, -0.1) is 0 Å². The summed E-state index contributed by atoms with van der Waals surface area (Å²) in [4.78, 5) is 17.4. The number of carbonyl (C=O) groups excluding carboxylic acids is 1. The van der Waals surface area contributed by atoms with Crippen LogP contribution in [0.15, 0.2) is 0 Å². The molecule has 5 heteroatoms. The van der Waals surface area contributed by atoms with E-state index in [9.17, 15) is 4.79 Å². The van der Waals surface area contributed by atoms with Crippen LogP contribution in [0.4, 0.5) is 0 Å². The van der Waals surface area contributed by atoms with Crippen molar-refractivity contribution >= 4 is 5.91 Å². The van der Waals surface area contributed by atoms with E-state index in [0.29, 0.717) is 24.7 Å². The van der Waals surface area contributed by atoms with Crippen LogP contribution in [0.1, 0.15) is 45.4 Å². The second-order valence-electron chi connectivity index (χ2n) is 8.45. The van der Waals surface area contributed by atoms with Gasteiger partial charge in [0.1, 0.15) is 0 Å². The number of ether oxygens (including phenoxy) is 1. The lowest BCUT2D eigenvalue weighted by molar-refractivity contribution is -0.123. The number of amides is 1. The lowest BCUT2D eigenvalue weighted by Crippen LogP contribution is -2.52. The molecule has 2 aliphatic heterocycles. The summed E-state index contributed by atoms with van der Waals surface area (Å²) in [5.41, 5.74) is 0. The molecule has 4 rings (SSSR count). The molecule has 2 saturated carbocycles. The number of nitrogens with one attached hydrogen (secondary N) is 1. The van der Waals surface area contributed by atoms with Crippen molar-refractivity contribution in [3.8, 4) is 0 Å². The predicted octanol–water partition coefficient (Wildman–Crippen LogP) is 1.48. The summed E-state index contributed by atoms with van der Waals surface area (Å²) in [6.07, 6.45) is 8.04. The highest BCUT2D eigenvalue weighted by Gasteiger charge is 2.42. The summed E-state index contributed by atoms with van der Waals surface area (Å²) in [6.45, 7) is 7.88. The molecular formula is C19H33N3O2. The Morgan fingerprint density at radius 1 is 1.08 bits per heavy atom. The van der Waals surface area contributed by atoms with Crippen LogP contribution in [0, 0.1) is 11.8 Å². The van der Waals surface area contributed by atoms with Crippen LogP contribution >= 0.6 is 0 Å². The van der Waals surface area contributed by atoms with Crippen LogP contribution in [0.25, 0.3) is 0 Å². The van der Waals surface area contributed by atoms with Crippen LogP contribution < -0.4 is 5.32 Å². The summed E-state index contributed by atoms with van der Waals surface area (Å²) in [6, 6.07) is 1.17. The Morgan fingerprint density at radius 3 is 2.33 bits per heavy atom. The Morgan fingerprint density at radius 2 is 1.75 bits per heavy atom. The van der Waals surface area contributed by atoms with Gasteiger partial charge in [0.2, 0.25) is 5.91 Å². The molecule has 0 unspecified atom stereocenters. The second kappa shape index (κ2) is 7.30. The van der Waals surface area contributed by atoms with E-state index < -0.39 is 0 Å². The van der Waals surface area contributed by atoms with Gasteiger partial charge < -0.3 is 10.1 Å². The largest absolute Gasteiger partial charge is 0.376 e. The van der Waals surface area contributed by atoms with Crippen LogP contribution in [0.2, 0.25) is 0 Å². The van der Waals surface area contributed by atoms with E-state index in [1.54, 1.807) is 0 Å². The summed E-state index contributed by atoms with van der Waals surface area (Å²) in [7, 11) is 0. The topological polar surface area (TPSA) is 44.8 Å². The molecule has 1 N–H and O–H groups in total. The summed E-state index contributed by atoms with van der Waals surface area (Å²) < 4.78 is 5.65. The predicted molar refractivity (Wildman–Crippen MR) is 93.8 cm³/mol. The van der Waals surface area contributed by atoms with Gasteiger partial charge >= 0.3 is 0 Å². The zero-order chi connectivity index (χ0) is 16.5. The number of hydrogen-bond donors (Lipinski definition) is 1. The number of rotatable bonds is 6. The van der Waals surface area contributed by atoms with E-state index >= 15 is 0 Å². The van der Waals surface area contributed by atoms with E-state index in [1.807, 2.05) is 0 Å². The van der Waals surface area contributed by atoms with E-state index in [2.05, 4.69) is 22.0 Å². The first-order chi connectivity index (χ1) is 11.7. The zero-order valence-electron chi connectivity index (χ0n) is 15.1. The number of hydrogen-bond acceptors (Lipinski definition) is 4. The van der Waals surface area contributed by atoms with Crippen LogP contribution in [0.5, 0.6) is 0 Å². The standard InChI is InChI=1S/C19H33N3O2/c1-14-12-22(10-11-24-14)17-6-8-21(9-7-17)13-18(23)20-19(15-2-3-15)16-4-5-16/h14-17,19H,2-13H2,1H3,(H,20,23)/t14-/m0/s1. The SMILES string of the molecule is C[C@H]1CN(C2CCN(CC(=O)NC(C3CC3)C3CC3)CC2)CCO1. The Balaban J connectivity index is 1.19. The Hall–Kier alpha value is -0.650. The van der Waals surface area contributed by atoms with Crippen molar-refractivity contribution in [3.63, 3.8) is 0 Å². The molecule has 5 nitrogen and oxygen atoms in total. The summed E-state index contributed by atoms with van der Waals surface area (Å²) in [5.74, 6) is 1.84. The Bertz CT molecular complexity index is 430. The third-order valence-corrected chi connectivity index (χ3v) is 6.30. The van der Waals surface area contributed by atoms with Crippen molar-refractivity contribution < 1.29 is 9.53 Å². The van der Waals surface area contributed by atoms with Gasteiger partial charge in [0.25, 0.3) is 0 Å². The number of morpholine rings is 1. The first-order valence-corrected chi connectivity index (χ1v) is 10.1. The maximum absolute atomic E-state index is 12.4. The van der Waals surface area contributed by atoms with Crippen molar-refractivity contribution in [1.82, 2.24) is 15.1 Å². The summed E-state index contributed by atoms with van der Waals surface area (Å²) >= 11 is 0. The smallest absolute Gasteiger partial charge is 0.234 e. The molecule has 2 aliphatic carbocycles. The van der Waals surface area contributed by atoms with E-state index in [1.165, 1.54) is 38.5 Å².